The summed E-state index contributed by atoms with van der Waals surface area (Å²) < 4.78 is 13.4. The van der Waals surface area contributed by atoms with E-state index in [-0.39, 0.29) is 30.2 Å². The molecule has 31 heavy (non-hydrogen) atoms. The Hall–Kier alpha value is -3.43. The molecule has 0 aliphatic carbocycles. The summed E-state index contributed by atoms with van der Waals surface area (Å²) in [4.78, 5) is 40.6. The average molecular weight is 446 g/mol. The number of aliphatic hydroxyl groups is 1. The molecule has 0 saturated carbocycles. The van der Waals surface area contributed by atoms with E-state index < -0.39 is 29.2 Å². The van der Waals surface area contributed by atoms with E-state index in [9.17, 15) is 23.9 Å². The summed E-state index contributed by atoms with van der Waals surface area (Å²) in [5.41, 5.74) is -0.871. The lowest BCUT2D eigenvalue weighted by Crippen LogP contribution is -2.52. The molecule has 1 atom stereocenters. The summed E-state index contributed by atoms with van der Waals surface area (Å²) in [7, 11) is 0. The van der Waals surface area contributed by atoms with Crippen molar-refractivity contribution < 1.29 is 29.0 Å². The van der Waals surface area contributed by atoms with Gasteiger partial charge in [0.25, 0.3) is 11.8 Å². The first kappa shape index (κ1) is 20.8. The van der Waals surface area contributed by atoms with Crippen LogP contribution in [0.3, 0.4) is 0 Å². The van der Waals surface area contributed by atoms with Gasteiger partial charge < -0.3 is 25.4 Å². The highest BCUT2D eigenvalue weighted by molar-refractivity contribution is 6.30. The van der Waals surface area contributed by atoms with E-state index in [2.05, 4.69) is 10.3 Å². The molecule has 0 radical (unpaired) electrons. The molecule has 1 aromatic heterocycles. The van der Waals surface area contributed by atoms with Crippen LogP contribution in [0.25, 0.3) is 10.9 Å². The van der Waals surface area contributed by atoms with Crippen LogP contribution in [0.4, 0.5) is 10.1 Å². The summed E-state index contributed by atoms with van der Waals surface area (Å²) in [6.07, 6.45) is -0.132. The number of halogens is 2. The molecule has 0 bridgehead atoms. The number of rotatable bonds is 5. The zero-order chi connectivity index (χ0) is 22.3. The average Bonchev–Trinajstić information content (AvgIpc) is 3.27. The fraction of sp³-hybridized carbons (Fsp3) is 0.190. The van der Waals surface area contributed by atoms with E-state index in [0.29, 0.717) is 22.2 Å². The number of nitrogens with zero attached hydrogens (tertiary/aromatic N) is 1. The van der Waals surface area contributed by atoms with Crippen molar-refractivity contribution in [3.8, 4) is 0 Å². The molecular formula is C21H17ClFN3O5. The molecule has 2 aromatic carbocycles. The number of hydrogen-bond acceptors (Lipinski definition) is 4. The van der Waals surface area contributed by atoms with Crippen molar-refractivity contribution in [2.24, 2.45) is 0 Å². The summed E-state index contributed by atoms with van der Waals surface area (Å²) in [5.74, 6) is -3.36. The number of carboxylic acids is 1. The number of aromatic carboxylic acids is 1. The van der Waals surface area contributed by atoms with E-state index in [0.717, 1.165) is 6.07 Å². The minimum absolute atomic E-state index is 0.00762. The Morgan fingerprint density at radius 2 is 2.00 bits per heavy atom. The summed E-state index contributed by atoms with van der Waals surface area (Å²) in [5, 5.41) is 23.0. The molecule has 160 valence electrons. The number of H-pyrrole nitrogens is 1. The van der Waals surface area contributed by atoms with Crippen molar-refractivity contribution in [1.29, 1.82) is 0 Å². The van der Waals surface area contributed by atoms with Crippen LogP contribution in [0, 0.1) is 5.82 Å². The number of carbonyl (C=O) groups is 3. The Morgan fingerprint density at radius 1 is 1.23 bits per heavy atom. The number of carboxylic acid groups (broad SMARTS) is 1. The van der Waals surface area contributed by atoms with Gasteiger partial charge in [-0.25, -0.2) is 9.18 Å². The van der Waals surface area contributed by atoms with Crippen LogP contribution in [0.1, 0.15) is 22.5 Å². The second-order valence-electron chi connectivity index (χ2n) is 7.29. The smallest absolute Gasteiger partial charge is 0.352 e. The number of benzene rings is 2. The van der Waals surface area contributed by atoms with Gasteiger partial charge in [-0.1, -0.05) is 11.6 Å². The van der Waals surface area contributed by atoms with Gasteiger partial charge in [-0.05, 0) is 48.0 Å². The molecule has 0 spiro atoms. The molecule has 1 aliphatic rings. The lowest BCUT2D eigenvalue weighted by molar-refractivity contribution is -0.149. The third-order valence-electron chi connectivity index (χ3n) is 5.19. The minimum Gasteiger partial charge on any atom is -0.477 e. The first-order valence-electron chi connectivity index (χ1n) is 9.31. The maximum absolute atomic E-state index is 13.4. The summed E-state index contributed by atoms with van der Waals surface area (Å²) >= 11 is 5.79. The van der Waals surface area contributed by atoms with E-state index >= 15 is 0 Å². The van der Waals surface area contributed by atoms with Crippen molar-refractivity contribution in [2.45, 2.75) is 18.6 Å². The number of carbonyl (C=O) groups excluding carboxylic acids is 2. The molecular weight excluding hydrogens is 429 g/mol. The Balaban J connectivity index is 1.51. The molecule has 4 rings (SSSR count). The molecule has 8 nitrogen and oxygen atoms in total. The van der Waals surface area contributed by atoms with Gasteiger partial charge in [-0.15, -0.1) is 0 Å². The van der Waals surface area contributed by atoms with Crippen molar-refractivity contribution in [2.75, 3.05) is 11.4 Å². The van der Waals surface area contributed by atoms with E-state index in [1.54, 1.807) is 18.2 Å². The molecule has 2 amide bonds. The number of amides is 2. The third kappa shape index (κ3) is 3.85. The molecule has 1 fully saturated rings. The highest BCUT2D eigenvalue weighted by Gasteiger charge is 2.51. The van der Waals surface area contributed by atoms with Crippen LogP contribution >= 0.6 is 11.6 Å². The highest BCUT2D eigenvalue weighted by Crippen LogP contribution is 2.31. The standard InChI is InChI=1S/C21H17ClFN3O5/c22-13-5-11(6-14(23)9-13)10-24-19(29)21(31)3-4-26(20(21)30)15-1-2-16-12(7-15)8-17(25-16)18(27)28/h1-2,5-9,25,31H,3-4,10H2,(H,24,29)(H,27,28). The Bertz CT molecular complexity index is 1210. The SMILES string of the molecule is O=C(O)c1cc2cc(N3CCC(O)(C(=O)NCc4cc(F)cc(Cl)c4)C3=O)ccc2[nH]1. The van der Waals surface area contributed by atoms with E-state index in [1.807, 2.05) is 0 Å². The molecule has 2 heterocycles. The molecule has 10 heteroatoms. The van der Waals surface area contributed by atoms with E-state index in [4.69, 9.17) is 16.7 Å². The molecule has 4 N–H and O–H groups in total. The van der Waals surface area contributed by atoms with Gasteiger partial charge in [0.15, 0.2) is 0 Å². The minimum atomic E-state index is -2.27. The van der Waals surface area contributed by atoms with Gasteiger partial charge in [0.2, 0.25) is 5.60 Å². The second-order valence-corrected chi connectivity index (χ2v) is 7.72. The highest BCUT2D eigenvalue weighted by atomic mass is 35.5. The first-order valence-corrected chi connectivity index (χ1v) is 9.69. The number of fused-ring (bicyclic) bond motifs is 1. The van der Waals surface area contributed by atoms with Crippen LogP contribution in [0.15, 0.2) is 42.5 Å². The van der Waals surface area contributed by atoms with Gasteiger partial charge in [0.05, 0.1) is 0 Å². The predicted molar refractivity (Wildman–Crippen MR) is 110 cm³/mol. The Labute approximate surface area is 180 Å². The Morgan fingerprint density at radius 3 is 2.71 bits per heavy atom. The third-order valence-corrected chi connectivity index (χ3v) is 5.41. The Kier molecular flexibility index (Phi) is 5.16. The monoisotopic (exact) mass is 445 g/mol. The van der Waals surface area contributed by atoms with Crippen molar-refractivity contribution in [1.82, 2.24) is 10.3 Å². The normalized spacial score (nSPS) is 18.5. The lowest BCUT2D eigenvalue weighted by Gasteiger charge is -2.22. The fourth-order valence-electron chi connectivity index (χ4n) is 3.61. The molecule has 1 unspecified atom stereocenters. The van der Waals surface area contributed by atoms with Crippen LogP contribution in [-0.2, 0) is 16.1 Å². The first-order chi connectivity index (χ1) is 14.7. The number of aromatic amines is 1. The van der Waals surface area contributed by atoms with Gasteiger partial charge in [0.1, 0.15) is 11.5 Å². The summed E-state index contributed by atoms with van der Waals surface area (Å²) in [6, 6.07) is 10.0. The number of nitrogens with one attached hydrogen (secondary N) is 2. The maximum atomic E-state index is 13.4. The van der Waals surface area contributed by atoms with Crippen LogP contribution in [0.5, 0.6) is 0 Å². The maximum Gasteiger partial charge on any atom is 0.352 e. The number of aromatic nitrogens is 1. The van der Waals surface area contributed by atoms with Gasteiger partial charge in [-0.3, -0.25) is 9.59 Å². The van der Waals surface area contributed by atoms with Gasteiger partial charge in [0, 0.05) is 41.1 Å². The fourth-order valence-corrected chi connectivity index (χ4v) is 3.85. The van der Waals surface area contributed by atoms with Crippen LogP contribution < -0.4 is 10.2 Å². The van der Waals surface area contributed by atoms with Crippen molar-refractivity contribution in [3.63, 3.8) is 0 Å². The molecule has 3 aromatic rings. The van der Waals surface area contributed by atoms with Crippen molar-refractivity contribution in [3.05, 3.63) is 64.6 Å². The topological polar surface area (TPSA) is 123 Å². The van der Waals surface area contributed by atoms with Gasteiger partial charge >= 0.3 is 5.97 Å². The number of anilines is 1. The number of hydrogen-bond donors (Lipinski definition) is 4. The molecule has 1 aliphatic heterocycles. The van der Waals surface area contributed by atoms with Crippen LogP contribution in [0.2, 0.25) is 5.02 Å². The quantitative estimate of drug-likeness (QED) is 0.449. The van der Waals surface area contributed by atoms with Crippen LogP contribution in [-0.4, -0.2) is 45.1 Å². The predicted octanol–water partition coefficient (Wildman–Crippen LogP) is 2.44. The van der Waals surface area contributed by atoms with Crippen molar-refractivity contribution >= 4 is 46.0 Å². The van der Waals surface area contributed by atoms with E-state index in [1.165, 1.54) is 23.1 Å². The zero-order valence-electron chi connectivity index (χ0n) is 16.0. The largest absolute Gasteiger partial charge is 0.477 e. The molecule has 1 saturated heterocycles. The lowest BCUT2D eigenvalue weighted by atomic mass is 10.0. The van der Waals surface area contributed by atoms with Gasteiger partial charge in [-0.2, -0.15) is 0 Å². The second kappa shape index (κ2) is 7.68. The summed E-state index contributed by atoms with van der Waals surface area (Å²) in [6.45, 7) is -0.0184. The zero-order valence-corrected chi connectivity index (χ0v) is 16.7.